The minimum absolute atomic E-state index is 0.661. The highest BCUT2D eigenvalue weighted by Crippen LogP contribution is 2.33. The van der Waals surface area contributed by atoms with E-state index in [9.17, 15) is 0 Å². The van der Waals surface area contributed by atoms with Gasteiger partial charge in [-0.25, -0.2) is 0 Å². The Hall–Kier alpha value is -0.0862. The van der Waals surface area contributed by atoms with Crippen molar-refractivity contribution in [2.45, 2.75) is 44.8 Å². The summed E-state index contributed by atoms with van der Waals surface area (Å²) in [6, 6.07) is 0. The van der Waals surface area contributed by atoms with Gasteiger partial charge in [0.05, 0.1) is 16.1 Å². The highest BCUT2D eigenvalue weighted by atomic mass is 28.3. The summed E-state index contributed by atoms with van der Waals surface area (Å²) in [5, 5.41) is 1.53. The van der Waals surface area contributed by atoms with E-state index in [1.54, 1.807) is 0 Å². The minimum Gasteiger partial charge on any atom is -0.0798 e. The Labute approximate surface area is 84.8 Å². The maximum Gasteiger partial charge on any atom is 0.0779 e. The Morgan fingerprint density at radius 2 is 1.62 bits per heavy atom. The van der Waals surface area contributed by atoms with Gasteiger partial charge in [0.15, 0.2) is 0 Å². The zero-order chi connectivity index (χ0) is 10.3. The average molecular weight is 209 g/mol. The van der Waals surface area contributed by atoms with E-state index in [1.807, 2.05) is 0 Å². The molecule has 0 aromatic carbocycles. The lowest BCUT2D eigenvalue weighted by atomic mass is 10.5. The molecule has 0 amide bonds. The molecule has 13 heavy (non-hydrogen) atoms. The molecule has 0 fully saturated rings. The molecule has 0 saturated carbocycles. The summed E-state index contributed by atoms with van der Waals surface area (Å²) in [5.41, 5.74) is 0.661. The summed E-state index contributed by atoms with van der Waals surface area (Å²) in [7, 11) is -2.15. The monoisotopic (exact) mass is 209 g/mol. The maximum absolute atomic E-state index is 3.70. The maximum atomic E-state index is 3.70. The second kappa shape index (κ2) is 3.24. The van der Waals surface area contributed by atoms with Crippen molar-refractivity contribution < 1.29 is 0 Å². The fourth-order valence-electron chi connectivity index (χ4n) is 1.43. The Morgan fingerprint density at radius 1 is 1.08 bits per heavy atom. The standard InChI is InChI=1S/C11H21Si2/c1-12(2,3)10-7-8-11(9-10)13(4,5)6/h7-8,10H,1-6H3. The minimum atomic E-state index is -1.10. The normalized spacial score (nSPS) is 23.5. The third kappa shape index (κ3) is 2.68. The highest BCUT2D eigenvalue weighted by molar-refractivity contribution is 6.84. The Bertz CT molecular complexity index is 248. The first-order valence-corrected chi connectivity index (χ1v) is 12.1. The van der Waals surface area contributed by atoms with Crippen molar-refractivity contribution in [1.29, 1.82) is 0 Å². The van der Waals surface area contributed by atoms with E-state index in [0.717, 1.165) is 0 Å². The van der Waals surface area contributed by atoms with Gasteiger partial charge in [0.25, 0.3) is 0 Å². The predicted octanol–water partition coefficient (Wildman–Crippen LogP) is 3.87. The molecular weight excluding hydrogens is 188 g/mol. The van der Waals surface area contributed by atoms with Gasteiger partial charge in [-0.2, -0.15) is 0 Å². The van der Waals surface area contributed by atoms with Crippen LogP contribution in [0.25, 0.3) is 0 Å². The molecular formula is C11H21Si2. The van der Waals surface area contributed by atoms with Crippen molar-refractivity contribution in [3.05, 3.63) is 23.4 Å². The van der Waals surface area contributed by atoms with Gasteiger partial charge in [-0.1, -0.05) is 56.6 Å². The number of hydrogen-bond donors (Lipinski definition) is 0. The zero-order valence-corrected chi connectivity index (χ0v) is 11.7. The lowest BCUT2D eigenvalue weighted by Crippen LogP contribution is -2.26. The molecule has 73 valence electrons. The van der Waals surface area contributed by atoms with Crippen molar-refractivity contribution >= 4 is 16.1 Å². The fraction of sp³-hybridized carbons (Fsp3) is 0.636. The topological polar surface area (TPSA) is 0 Å². The lowest BCUT2D eigenvalue weighted by molar-refractivity contribution is 1.25. The molecule has 0 heterocycles. The molecule has 0 aliphatic heterocycles. The van der Waals surface area contributed by atoms with Crippen LogP contribution < -0.4 is 0 Å². The number of hydrogen-bond acceptors (Lipinski definition) is 0. The molecule has 0 N–H and O–H groups in total. The zero-order valence-electron chi connectivity index (χ0n) is 9.73. The van der Waals surface area contributed by atoms with Crippen molar-refractivity contribution in [2.24, 2.45) is 0 Å². The molecule has 0 aromatic heterocycles. The molecule has 1 atom stereocenters. The lowest BCUT2D eigenvalue weighted by Gasteiger charge is -2.21. The van der Waals surface area contributed by atoms with Gasteiger partial charge in [0, 0.05) is 0 Å². The summed E-state index contributed by atoms with van der Waals surface area (Å²) in [5.74, 6) is 0. The van der Waals surface area contributed by atoms with Gasteiger partial charge < -0.3 is 0 Å². The van der Waals surface area contributed by atoms with E-state index in [-0.39, 0.29) is 0 Å². The van der Waals surface area contributed by atoms with Gasteiger partial charge in [-0.3, -0.25) is 0 Å². The van der Waals surface area contributed by atoms with Gasteiger partial charge >= 0.3 is 0 Å². The van der Waals surface area contributed by atoms with Gasteiger partial charge in [-0.15, -0.1) is 0 Å². The summed E-state index contributed by atoms with van der Waals surface area (Å²) in [6.07, 6.45) is 8.40. The van der Waals surface area contributed by atoms with Gasteiger partial charge in [0.2, 0.25) is 0 Å². The van der Waals surface area contributed by atoms with Crippen LogP contribution in [-0.2, 0) is 0 Å². The van der Waals surface area contributed by atoms with E-state index in [2.05, 4.69) is 57.5 Å². The molecule has 0 nitrogen and oxygen atoms in total. The van der Waals surface area contributed by atoms with Crippen molar-refractivity contribution in [2.75, 3.05) is 0 Å². The third-order valence-electron chi connectivity index (χ3n) is 2.51. The van der Waals surface area contributed by atoms with Crippen LogP contribution in [-0.4, -0.2) is 16.1 Å². The first-order chi connectivity index (χ1) is 5.71. The van der Waals surface area contributed by atoms with Gasteiger partial charge in [0.1, 0.15) is 0 Å². The molecule has 2 heteroatoms. The van der Waals surface area contributed by atoms with Crippen molar-refractivity contribution in [3.8, 4) is 0 Å². The van der Waals surface area contributed by atoms with E-state index in [1.165, 1.54) is 5.20 Å². The summed E-state index contributed by atoms with van der Waals surface area (Å²) >= 11 is 0. The van der Waals surface area contributed by atoms with Crippen molar-refractivity contribution in [1.82, 2.24) is 0 Å². The van der Waals surface area contributed by atoms with Crippen LogP contribution in [0.15, 0.2) is 17.3 Å². The van der Waals surface area contributed by atoms with Crippen LogP contribution in [0.3, 0.4) is 0 Å². The second-order valence-corrected chi connectivity index (χ2v) is 16.4. The average Bonchev–Trinajstić information content (AvgIpc) is 2.28. The van der Waals surface area contributed by atoms with Crippen LogP contribution in [0.2, 0.25) is 44.8 Å². The number of rotatable bonds is 2. The number of allylic oxidation sites excluding steroid dienone is 4. The molecule has 1 aliphatic rings. The van der Waals surface area contributed by atoms with E-state index in [4.69, 9.17) is 0 Å². The van der Waals surface area contributed by atoms with Crippen molar-refractivity contribution in [3.63, 3.8) is 0 Å². The molecule has 0 aromatic rings. The molecule has 1 radical (unpaired) electrons. The van der Waals surface area contributed by atoms with Crippen LogP contribution in [0, 0.1) is 6.08 Å². The largest absolute Gasteiger partial charge is 0.0798 e. The van der Waals surface area contributed by atoms with Crippen LogP contribution in [0.5, 0.6) is 0 Å². The van der Waals surface area contributed by atoms with Gasteiger partial charge in [-0.05, 0) is 11.6 Å². The first-order valence-electron chi connectivity index (χ1n) is 5.03. The molecule has 1 unspecified atom stereocenters. The van der Waals surface area contributed by atoms with E-state index in [0.29, 0.717) is 5.54 Å². The summed E-state index contributed by atoms with van der Waals surface area (Å²) in [6.45, 7) is 14.4. The quantitative estimate of drug-likeness (QED) is 0.606. The Morgan fingerprint density at radius 3 is 1.85 bits per heavy atom. The smallest absolute Gasteiger partial charge is 0.0779 e. The second-order valence-electron chi connectivity index (χ2n) is 6.01. The molecule has 0 spiro atoms. The SMILES string of the molecule is C[Si](C)(C)C1=[C]C([Si](C)(C)C)C=C1. The molecule has 0 bridgehead atoms. The predicted molar refractivity (Wildman–Crippen MR) is 66.3 cm³/mol. The van der Waals surface area contributed by atoms with E-state index >= 15 is 0 Å². The van der Waals surface area contributed by atoms with Crippen LogP contribution >= 0.6 is 0 Å². The van der Waals surface area contributed by atoms with Crippen LogP contribution in [0.1, 0.15) is 0 Å². The molecule has 0 saturated heterocycles. The Kier molecular flexibility index (Phi) is 2.74. The third-order valence-corrected chi connectivity index (χ3v) is 6.64. The highest BCUT2D eigenvalue weighted by Gasteiger charge is 2.29. The molecule has 1 rings (SSSR count). The summed E-state index contributed by atoms with van der Waals surface area (Å²) in [4.78, 5) is 0. The summed E-state index contributed by atoms with van der Waals surface area (Å²) < 4.78 is 0. The van der Waals surface area contributed by atoms with Crippen LogP contribution in [0.4, 0.5) is 0 Å². The molecule has 1 aliphatic carbocycles. The first kappa shape index (κ1) is 11.0. The Balaban J connectivity index is 2.84. The van der Waals surface area contributed by atoms with E-state index < -0.39 is 16.1 Å². The fourth-order valence-corrected chi connectivity index (χ4v) is 4.02.